The molecule has 0 aromatic heterocycles. The number of phenolic OH excluding ortho intramolecular Hbond substituents is 1. The van der Waals surface area contributed by atoms with Crippen LogP contribution in [-0.4, -0.2) is 175 Å². The molecule has 0 aliphatic carbocycles. The third kappa shape index (κ3) is 31.4. The standard InChI is InChI=1S/C28H27BrClNO6.C28H27BrFNO6.C28H27BrN2O8.C28H28BrNO7/c2*1-33-24-9-8-19(16-21(24)30)23(32)10-11-31-22-13-17(12-20(29)27(22)36-4)6-7-18-14-25(34-2)28(37-5)26(15-18)35-3;1-35-24-9-8-19(16-22(24)31(33)34)23(32)10-11-30-21-13-17(12-20(29)27(21)38-4)6-7-18-14-25(36-2)28(39-5)26(15-18)37-3;1-33-24-9-8-19(16-23(24)32)22(31)10-11-30-21-13-17(12-20(29)27(21)36-4)6-7-18-14-25(34-2)28(37-5)26(15-18)35-3/h2*6-16,31H,1-5H3;6-16,30H,1-5H3;6-16,30,32H,1-5H3/b4*7-6-,11-10-. The molecule has 12 aromatic carbocycles. The van der Waals surface area contributed by atoms with Gasteiger partial charge in [0.25, 0.3) is 0 Å². The summed E-state index contributed by atoms with van der Waals surface area (Å²) >= 11 is 20.3. The molecule has 0 atom stereocenters. The summed E-state index contributed by atoms with van der Waals surface area (Å²) in [5.41, 5.74) is 10.1. The van der Waals surface area contributed by atoms with Gasteiger partial charge in [0.2, 0.25) is 23.0 Å². The predicted molar refractivity (Wildman–Crippen MR) is 597 cm³/mol. The number of nitrogens with zero attached hydrogens (tertiary/aromatic N) is 1. The molecule has 0 aliphatic heterocycles. The highest BCUT2D eigenvalue weighted by molar-refractivity contribution is 9.11. The number of rotatable bonds is 45. The van der Waals surface area contributed by atoms with Crippen molar-refractivity contribution in [2.45, 2.75) is 0 Å². The van der Waals surface area contributed by atoms with Gasteiger partial charge in [0, 0.05) is 77.4 Å². The number of allylic oxidation sites excluding steroid dienone is 4. The molecule has 0 aliphatic rings. The van der Waals surface area contributed by atoms with Crippen molar-refractivity contribution in [3.63, 3.8) is 0 Å². The molecule has 12 aromatic rings. The number of nitro benzene ring substituents is 1. The molecule has 0 heterocycles. The second kappa shape index (κ2) is 58.4. The Morgan fingerprint density at radius 3 is 0.707 bits per heavy atom. The topological polar surface area (TPSA) is 364 Å². The minimum absolute atomic E-state index is 0.0737. The first-order chi connectivity index (χ1) is 72.3. The molecule has 0 saturated heterocycles. The van der Waals surface area contributed by atoms with Crippen LogP contribution in [0, 0.1) is 15.9 Å². The van der Waals surface area contributed by atoms with Gasteiger partial charge >= 0.3 is 5.69 Å². The van der Waals surface area contributed by atoms with Gasteiger partial charge in [-0.25, -0.2) is 4.39 Å². The summed E-state index contributed by atoms with van der Waals surface area (Å²) in [6, 6.07) is 47.3. The lowest BCUT2D eigenvalue weighted by atomic mass is 10.1. The number of hydrogen-bond donors (Lipinski definition) is 5. The van der Waals surface area contributed by atoms with Crippen LogP contribution in [0.1, 0.15) is 85.9 Å². The van der Waals surface area contributed by atoms with Crippen molar-refractivity contribution in [2.24, 2.45) is 0 Å². The molecule has 150 heavy (non-hydrogen) atoms. The number of benzene rings is 12. The second-order valence-corrected chi connectivity index (χ2v) is 34.4. The third-order valence-corrected chi connectivity index (χ3v) is 24.2. The molecule has 0 radical (unpaired) electrons. The Kier molecular flexibility index (Phi) is 45.6. The van der Waals surface area contributed by atoms with Crippen LogP contribution in [0.2, 0.25) is 5.02 Å². The molecule has 0 saturated carbocycles. The van der Waals surface area contributed by atoms with Crippen molar-refractivity contribution in [3.05, 3.63) is 325 Å². The zero-order valence-corrected chi connectivity index (χ0v) is 92.3. The van der Waals surface area contributed by atoms with Crippen LogP contribution in [0.3, 0.4) is 0 Å². The highest BCUT2D eigenvalue weighted by atomic mass is 79.9. The average molecular weight is 2330 g/mol. The number of methoxy groups -OCH3 is 20. The summed E-state index contributed by atoms with van der Waals surface area (Å²) in [4.78, 5) is 60.9. The molecule has 0 unspecified atom stereocenters. The largest absolute Gasteiger partial charge is 0.504 e. The van der Waals surface area contributed by atoms with E-state index >= 15 is 0 Å². The quantitative estimate of drug-likeness (QED) is 0.00778. The van der Waals surface area contributed by atoms with Gasteiger partial charge in [0.1, 0.15) is 5.75 Å². The highest BCUT2D eigenvalue weighted by Crippen LogP contribution is 2.47. The van der Waals surface area contributed by atoms with Crippen LogP contribution in [0.4, 0.5) is 32.8 Å². The van der Waals surface area contributed by atoms with E-state index in [0.29, 0.717) is 151 Å². The fraction of sp³-hybridized carbons (Fsp3) is 0.179. The van der Waals surface area contributed by atoms with E-state index in [-0.39, 0.29) is 51.4 Å². The molecule has 786 valence electrons. The van der Waals surface area contributed by atoms with E-state index in [4.69, 9.17) is 106 Å². The summed E-state index contributed by atoms with van der Waals surface area (Å²) in [5, 5.41) is 33.9. The first kappa shape index (κ1) is 117. The predicted octanol–water partition coefficient (Wildman–Crippen LogP) is 26.3. The monoisotopic (exact) mass is 2330 g/mol. The second-order valence-electron chi connectivity index (χ2n) is 30.6. The van der Waals surface area contributed by atoms with Crippen LogP contribution in [0.5, 0.6) is 121 Å². The molecular weight excluding hydrogens is 2220 g/mol. The maximum atomic E-state index is 13.9. The number of phenols is 1. The molecule has 0 bridgehead atoms. The Morgan fingerprint density at radius 1 is 0.273 bits per heavy atom. The summed E-state index contributed by atoms with van der Waals surface area (Å²) in [6.07, 6.45) is 26.6. The van der Waals surface area contributed by atoms with Gasteiger partial charge in [-0.1, -0.05) is 60.2 Å². The number of aromatic hydroxyl groups is 1. The summed E-state index contributed by atoms with van der Waals surface area (Å²) in [7, 11) is 30.6. The Bertz CT molecular complexity index is 6520. The van der Waals surface area contributed by atoms with E-state index in [0.717, 1.165) is 59.5 Å². The van der Waals surface area contributed by atoms with Gasteiger partial charge in [-0.3, -0.25) is 29.3 Å². The first-order valence-electron chi connectivity index (χ1n) is 44.5. The Hall–Kier alpha value is -16.2. The number of anilines is 4. The van der Waals surface area contributed by atoms with Gasteiger partial charge < -0.3 is 121 Å². The van der Waals surface area contributed by atoms with Crippen molar-refractivity contribution < 1.29 is 128 Å². The number of ketones is 4. The SMILES string of the molecule is COc1ccc(C(=O)/C=C\Nc2cc(/C=C\c3cc(OC)c(OC)c(OC)c3)cc(Br)c2OC)cc1Cl.COc1ccc(C(=O)/C=C\Nc2cc(/C=C\c3cc(OC)c(OC)c(OC)c3)cc(Br)c2OC)cc1F.COc1ccc(C(=O)/C=C\Nc2cc(/C=C\c3cc(OC)c(OC)c(OC)c3)cc(Br)c2OC)cc1O.COc1ccc(C(=O)/C=C\Nc2cc(/C=C\c3cc(OC)c(OC)c(OC)c3)cc(Br)c2OC)cc1[N+](=O)[O-]. The Balaban J connectivity index is 0.000000222. The van der Waals surface area contributed by atoms with Crippen molar-refractivity contribution in [3.8, 4) is 121 Å². The lowest BCUT2D eigenvalue weighted by Crippen LogP contribution is -2.00. The van der Waals surface area contributed by atoms with E-state index in [1.807, 2.05) is 146 Å². The molecule has 12 rings (SSSR count). The van der Waals surface area contributed by atoms with Gasteiger partial charge in [-0.2, -0.15) is 0 Å². The minimum atomic E-state index is -0.605. The van der Waals surface area contributed by atoms with Crippen LogP contribution in [0.25, 0.3) is 48.6 Å². The molecule has 0 amide bonds. The van der Waals surface area contributed by atoms with E-state index in [2.05, 4.69) is 85.0 Å². The normalized spacial score (nSPS) is 11.0. The Labute approximate surface area is 906 Å². The number of hydrogen-bond acceptors (Lipinski definition) is 31. The average Bonchev–Trinajstić information content (AvgIpc) is 0.818. The fourth-order valence-electron chi connectivity index (χ4n) is 14.3. The van der Waals surface area contributed by atoms with E-state index in [9.17, 15) is 38.8 Å². The molecule has 0 spiro atoms. The van der Waals surface area contributed by atoms with Gasteiger partial charge in [0.05, 0.1) is 193 Å². The summed E-state index contributed by atoms with van der Waals surface area (Å²) < 4.78 is 124. The van der Waals surface area contributed by atoms with Gasteiger partial charge in [-0.05, 0) is 272 Å². The number of nitrogens with one attached hydrogen (secondary N) is 4. The van der Waals surface area contributed by atoms with Crippen molar-refractivity contribution in [1.82, 2.24) is 0 Å². The minimum Gasteiger partial charge on any atom is -0.504 e. The summed E-state index contributed by atoms with van der Waals surface area (Å²) in [6.45, 7) is 0. The fourth-order valence-corrected chi connectivity index (χ4v) is 17.2. The van der Waals surface area contributed by atoms with E-state index in [1.54, 1.807) is 137 Å². The highest BCUT2D eigenvalue weighted by Gasteiger charge is 2.23. The number of nitro groups is 1. The van der Waals surface area contributed by atoms with Crippen molar-refractivity contribution in [1.29, 1.82) is 0 Å². The van der Waals surface area contributed by atoms with Crippen LogP contribution in [0.15, 0.2) is 237 Å². The van der Waals surface area contributed by atoms with Gasteiger partial charge in [-0.15, -0.1) is 0 Å². The summed E-state index contributed by atoms with van der Waals surface area (Å²) in [5.74, 6) is 7.64. The van der Waals surface area contributed by atoms with Crippen molar-refractivity contribution >= 4 is 175 Å². The molecule has 32 nitrogen and oxygen atoms in total. The molecule has 5 N–H and O–H groups in total. The van der Waals surface area contributed by atoms with Crippen molar-refractivity contribution in [2.75, 3.05) is 163 Å². The maximum Gasteiger partial charge on any atom is 0.311 e. The van der Waals surface area contributed by atoms with Crippen LogP contribution < -0.4 is 116 Å². The van der Waals surface area contributed by atoms with Crippen LogP contribution in [-0.2, 0) is 0 Å². The lowest BCUT2D eigenvalue weighted by molar-refractivity contribution is -0.385. The van der Waals surface area contributed by atoms with E-state index < -0.39 is 16.5 Å². The molecule has 0 fully saturated rings. The number of carbonyl (C=O) groups excluding carboxylic acids is 4. The molecule has 38 heteroatoms. The zero-order valence-electron chi connectivity index (χ0n) is 85.2. The first-order valence-corrected chi connectivity index (χ1v) is 48.0. The molecular formula is C112H109Br4ClFN5O27. The number of carbonyl (C=O) groups is 4. The number of ether oxygens (including phenoxy) is 20. The van der Waals surface area contributed by atoms with E-state index in [1.165, 1.54) is 121 Å². The lowest BCUT2D eigenvalue weighted by Gasteiger charge is -2.13. The maximum absolute atomic E-state index is 13.9. The number of halogens is 6. The Morgan fingerprint density at radius 2 is 0.487 bits per heavy atom. The zero-order chi connectivity index (χ0) is 109. The smallest absolute Gasteiger partial charge is 0.311 e. The third-order valence-electron chi connectivity index (χ3n) is 21.6. The van der Waals surface area contributed by atoms with Gasteiger partial charge in [0.15, 0.2) is 121 Å². The van der Waals surface area contributed by atoms with Crippen LogP contribution >= 0.6 is 75.3 Å².